The highest BCUT2D eigenvalue weighted by molar-refractivity contribution is 7.17. The Balaban J connectivity index is 2.38. The first kappa shape index (κ1) is 19.1. The van der Waals surface area contributed by atoms with Gasteiger partial charge in [0.15, 0.2) is 0 Å². The minimum atomic E-state index is -0.837. The number of rotatable bonds is 7. The predicted molar refractivity (Wildman–Crippen MR) is 95.0 cm³/mol. The summed E-state index contributed by atoms with van der Waals surface area (Å²) in [6, 6.07) is -0.837. The number of fused-ring (bicyclic) bond motifs is 1. The number of unbranched alkanes of at least 4 members (excludes halogenated alkanes) is 1. The van der Waals surface area contributed by atoms with Gasteiger partial charge in [0.25, 0.3) is 5.56 Å². The Morgan fingerprint density at radius 3 is 2.68 bits per heavy atom. The van der Waals surface area contributed by atoms with Crippen LogP contribution in [0.4, 0.5) is 0 Å². The van der Waals surface area contributed by atoms with Gasteiger partial charge in [0.1, 0.15) is 10.9 Å². The fourth-order valence-corrected chi connectivity index (χ4v) is 3.07. The lowest BCUT2D eigenvalue weighted by molar-refractivity contribution is -0.151. The Morgan fingerprint density at radius 2 is 2.04 bits per heavy atom. The lowest BCUT2D eigenvalue weighted by Gasteiger charge is -2.16. The highest BCUT2D eigenvalue weighted by Gasteiger charge is 2.23. The highest BCUT2D eigenvalue weighted by Crippen LogP contribution is 2.22. The molecule has 0 aliphatic carbocycles. The summed E-state index contributed by atoms with van der Waals surface area (Å²) in [5.41, 5.74) is -0.269. The fraction of sp³-hybridized carbons (Fsp3) is 0.529. The second-order valence-electron chi connectivity index (χ2n) is 5.94. The molecule has 0 spiro atoms. The van der Waals surface area contributed by atoms with E-state index in [9.17, 15) is 14.4 Å². The van der Waals surface area contributed by atoms with Gasteiger partial charge in [-0.3, -0.25) is 9.36 Å². The van der Waals surface area contributed by atoms with Crippen LogP contribution < -0.4 is 5.56 Å². The van der Waals surface area contributed by atoms with E-state index >= 15 is 0 Å². The number of hydrogen-bond donors (Lipinski definition) is 0. The summed E-state index contributed by atoms with van der Waals surface area (Å²) in [5.74, 6) is -1.07. The van der Waals surface area contributed by atoms with Crippen LogP contribution >= 0.6 is 11.3 Å². The zero-order chi connectivity index (χ0) is 18.6. The van der Waals surface area contributed by atoms with Crippen molar-refractivity contribution < 1.29 is 19.1 Å². The molecule has 0 aliphatic heterocycles. The van der Waals surface area contributed by atoms with E-state index in [1.807, 2.05) is 6.92 Å². The van der Waals surface area contributed by atoms with E-state index in [-0.39, 0.29) is 17.1 Å². The molecule has 136 valence electrons. The van der Waals surface area contributed by atoms with Crippen LogP contribution in [0.3, 0.4) is 0 Å². The fourth-order valence-electron chi connectivity index (χ4n) is 2.20. The average Bonchev–Trinajstić information content (AvgIpc) is 2.99. The number of carbonyl (C=O) groups excluding carboxylic acids is 2. The Labute approximate surface area is 149 Å². The third-order valence-electron chi connectivity index (χ3n) is 3.58. The maximum absolute atomic E-state index is 12.8. The molecule has 25 heavy (non-hydrogen) atoms. The number of hydrogen-bond acceptors (Lipinski definition) is 7. The van der Waals surface area contributed by atoms with Gasteiger partial charge in [-0.25, -0.2) is 14.6 Å². The molecular weight excluding hydrogens is 344 g/mol. The predicted octanol–water partition coefficient (Wildman–Crippen LogP) is 2.93. The Hall–Kier alpha value is -2.22. The molecule has 0 saturated heterocycles. The summed E-state index contributed by atoms with van der Waals surface area (Å²) in [4.78, 5) is 41.7. The minimum absolute atomic E-state index is 0.179. The minimum Gasteiger partial charge on any atom is -0.462 e. The van der Waals surface area contributed by atoms with Gasteiger partial charge in [0, 0.05) is 5.38 Å². The maximum atomic E-state index is 12.8. The van der Waals surface area contributed by atoms with E-state index in [1.54, 1.807) is 26.2 Å². The molecule has 0 aliphatic rings. The summed E-state index contributed by atoms with van der Waals surface area (Å²) >= 11 is 1.19. The van der Waals surface area contributed by atoms with Gasteiger partial charge >= 0.3 is 11.9 Å². The molecule has 0 radical (unpaired) electrons. The average molecular weight is 366 g/mol. The number of ether oxygens (including phenoxy) is 2. The molecule has 0 amide bonds. The van der Waals surface area contributed by atoms with Crippen molar-refractivity contribution in [3.8, 4) is 0 Å². The van der Waals surface area contributed by atoms with Crippen molar-refractivity contribution in [3.05, 3.63) is 27.6 Å². The van der Waals surface area contributed by atoms with Crippen molar-refractivity contribution in [2.24, 2.45) is 0 Å². The third kappa shape index (κ3) is 4.25. The highest BCUT2D eigenvalue weighted by atomic mass is 32.1. The van der Waals surface area contributed by atoms with E-state index in [0.717, 1.165) is 12.8 Å². The molecule has 2 heterocycles. The SMILES string of the molecule is CCCCOC(=O)c1csc2ncn(C(C)C(=O)OC(C)C)c(=O)c12. The molecule has 8 heteroatoms. The number of carbonyl (C=O) groups is 2. The first-order valence-electron chi connectivity index (χ1n) is 8.22. The smallest absolute Gasteiger partial charge is 0.339 e. The molecule has 1 atom stereocenters. The van der Waals surface area contributed by atoms with Crippen LogP contribution in [0.5, 0.6) is 0 Å². The lowest BCUT2D eigenvalue weighted by atomic mass is 10.2. The van der Waals surface area contributed by atoms with E-state index in [4.69, 9.17) is 9.47 Å². The Morgan fingerprint density at radius 1 is 1.32 bits per heavy atom. The third-order valence-corrected chi connectivity index (χ3v) is 4.47. The lowest BCUT2D eigenvalue weighted by Crippen LogP contribution is -2.31. The molecule has 7 nitrogen and oxygen atoms in total. The van der Waals surface area contributed by atoms with Crippen LogP contribution in [0.2, 0.25) is 0 Å². The molecule has 2 aromatic rings. The summed E-state index contributed by atoms with van der Waals surface area (Å²) in [6.07, 6.45) is 2.68. The largest absolute Gasteiger partial charge is 0.462 e. The van der Waals surface area contributed by atoms with Crippen LogP contribution in [0.15, 0.2) is 16.5 Å². The van der Waals surface area contributed by atoms with E-state index in [1.165, 1.54) is 22.2 Å². The van der Waals surface area contributed by atoms with Crippen molar-refractivity contribution in [2.45, 2.75) is 52.7 Å². The molecule has 0 bridgehead atoms. The van der Waals surface area contributed by atoms with Gasteiger partial charge in [0.2, 0.25) is 0 Å². The van der Waals surface area contributed by atoms with Crippen molar-refractivity contribution >= 4 is 33.5 Å². The first-order chi connectivity index (χ1) is 11.9. The monoisotopic (exact) mass is 366 g/mol. The molecule has 0 aromatic carbocycles. The standard InChI is InChI=1S/C17H22N2O5S/c1-5-6-7-23-17(22)12-8-25-14-13(12)15(20)19(9-18-14)11(4)16(21)24-10(2)3/h8-11H,5-7H2,1-4H3. The molecule has 0 N–H and O–H groups in total. The van der Waals surface area contributed by atoms with E-state index in [2.05, 4.69) is 4.98 Å². The summed E-state index contributed by atoms with van der Waals surface area (Å²) < 4.78 is 11.5. The summed E-state index contributed by atoms with van der Waals surface area (Å²) in [5, 5.41) is 1.74. The van der Waals surface area contributed by atoms with Crippen LogP contribution in [-0.4, -0.2) is 34.2 Å². The number of nitrogens with zero attached hydrogens (tertiary/aromatic N) is 2. The summed E-state index contributed by atoms with van der Waals surface area (Å²) in [6.45, 7) is 7.33. The van der Waals surface area contributed by atoms with Crippen molar-refractivity contribution in [3.63, 3.8) is 0 Å². The van der Waals surface area contributed by atoms with Crippen molar-refractivity contribution in [1.82, 2.24) is 9.55 Å². The van der Waals surface area contributed by atoms with E-state index in [0.29, 0.717) is 11.4 Å². The van der Waals surface area contributed by atoms with Crippen LogP contribution in [0, 0.1) is 0 Å². The van der Waals surface area contributed by atoms with Gasteiger partial charge in [-0.2, -0.15) is 0 Å². The quantitative estimate of drug-likeness (QED) is 0.553. The molecule has 2 rings (SSSR count). The zero-order valence-electron chi connectivity index (χ0n) is 14.8. The van der Waals surface area contributed by atoms with Crippen molar-refractivity contribution in [1.29, 1.82) is 0 Å². The second-order valence-corrected chi connectivity index (χ2v) is 6.80. The van der Waals surface area contributed by atoms with Crippen LogP contribution in [0.25, 0.3) is 10.2 Å². The van der Waals surface area contributed by atoms with Crippen molar-refractivity contribution in [2.75, 3.05) is 6.61 Å². The summed E-state index contributed by atoms with van der Waals surface area (Å²) in [7, 11) is 0. The van der Waals surface area contributed by atoms with Crippen LogP contribution in [0.1, 0.15) is 56.9 Å². The number of aromatic nitrogens is 2. The number of esters is 2. The van der Waals surface area contributed by atoms with Gasteiger partial charge < -0.3 is 9.47 Å². The Kier molecular flexibility index (Phi) is 6.30. The topological polar surface area (TPSA) is 87.5 Å². The molecular formula is C17H22N2O5S. The van der Waals surface area contributed by atoms with Crippen LogP contribution in [-0.2, 0) is 14.3 Å². The van der Waals surface area contributed by atoms with Gasteiger partial charge in [-0.1, -0.05) is 13.3 Å². The van der Waals surface area contributed by atoms with Gasteiger partial charge in [0.05, 0.1) is 30.0 Å². The zero-order valence-corrected chi connectivity index (χ0v) is 15.6. The van der Waals surface area contributed by atoms with Gasteiger partial charge in [-0.15, -0.1) is 11.3 Å². The van der Waals surface area contributed by atoms with Gasteiger partial charge in [-0.05, 0) is 27.2 Å². The molecule has 2 aromatic heterocycles. The second kappa shape index (κ2) is 8.24. The molecule has 0 saturated carbocycles. The molecule has 1 unspecified atom stereocenters. The normalized spacial score (nSPS) is 12.4. The number of thiophene rings is 1. The molecule has 0 fully saturated rings. The van der Waals surface area contributed by atoms with E-state index < -0.39 is 23.5 Å². The Bertz CT molecular complexity index is 824. The maximum Gasteiger partial charge on any atom is 0.339 e. The first-order valence-corrected chi connectivity index (χ1v) is 9.10.